The lowest BCUT2D eigenvalue weighted by Gasteiger charge is -2.29. The van der Waals surface area contributed by atoms with Crippen molar-refractivity contribution in [2.75, 3.05) is 43.4 Å². The molecule has 0 atom stereocenters. The zero-order valence-electron chi connectivity index (χ0n) is 13.3. The van der Waals surface area contributed by atoms with Crippen molar-refractivity contribution in [1.29, 1.82) is 0 Å². The summed E-state index contributed by atoms with van der Waals surface area (Å²) in [5.41, 5.74) is 5.14. The molecule has 3 N–H and O–H groups in total. The number of rotatable bonds is 8. The van der Waals surface area contributed by atoms with Crippen molar-refractivity contribution in [2.45, 2.75) is 26.7 Å². The van der Waals surface area contributed by atoms with Crippen molar-refractivity contribution >= 4 is 40.1 Å². The Balaban J connectivity index is 0.00000441. The van der Waals surface area contributed by atoms with E-state index in [0.717, 1.165) is 11.5 Å². The molecule has 1 rings (SSSR count). The Labute approximate surface area is 144 Å². The predicted octanol–water partition coefficient (Wildman–Crippen LogP) is 0.668. The maximum atomic E-state index is 12.2. The molecule has 0 aromatic heterocycles. The Hall–Kier alpha value is -0.0200. The summed E-state index contributed by atoms with van der Waals surface area (Å²) in [5.74, 6) is 1.50. The first-order chi connectivity index (χ1) is 9.91. The lowest BCUT2D eigenvalue weighted by atomic mass is 9.81. The van der Waals surface area contributed by atoms with Crippen molar-refractivity contribution in [2.24, 2.45) is 11.1 Å². The summed E-state index contributed by atoms with van der Waals surface area (Å²) >= 11 is 1.77. The van der Waals surface area contributed by atoms with Crippen LogP contribution in [0.2, 0.25) is 0 Å². The molecular formula is C13H28ClN3O3S2. The minimum atomic E-state index is -3.27. The van der Waals surface area contributed by atoms with Crippen LogP contribution < -0.4 is 11.1 Å². The average molecular weight is 374 g/mol. The molecule has 1 aliphatic rings. The summed E-state index contributed by atoms with van der Waals surface area (Å²) in [5, 5.41) is 2.74. The largest absolute Gasteiger partial charge is 0.355 e. The number of hydrogen-bond acceptors (Lipinski definition) is 5. The minimum Gasteiger partial charge on any atom is -0.355 e. The molecule has 0 aliphatic carbocycles. The molecule has 0 saturated carbocycles. The van der Waals surface area contributed by atoms with Gasteiger partial charge in [0.1, 0.15) is 0 Å². The van der Waals surface area contributed by atoms with Crippen LogP contribution in [0, 0.1) is 5.41 Å². The van der Waals surface area contributed by atoms with Gasteiger partial charge in [0.2, 0.25) is 15.9 Å². The molecule has 0 unspecified atom stereocenters. The highest BCUT2D eigenvalue weighted by molar-refractivity contribution is 7.99. The maximum Gasteiger partial charge on any atom is 0.227 e. The molecule has 1 heterocycles. The number of amides is 1. The number of carbonyl (C=O) groups excluding carboxylic acids is 1. The van der Waals surface area contributed by atoms with Gasteiger partial charge in [-0.15, -0.1) is 12.4 Å². The van der Waals surface area contributed by atoms with Crippen LogP contribution in [-0.4, -0.2) is 62.1 Å². The highest BCUT2D eigenvalue weighted by Crippen LogP contribution is 2.24. The number of thioether (sulfide) groups is 1. The van der Waals surface area contributed by atoms with E-state index in [1.807, 2.05) is 13.8 Å². The molecule has 0 aromatic rings. The molecule has 132 valence electrons. The summed E-state index contributed by atoms with van der Waals surface area (Å²) < 4.78 is 25.9. The number of nitrogens with one attached hydrogen (secondary N) is 1. The molecule has 1 saturated heterocycles. The van der Waals surface area contributed by atoms with Crippen molar-refractivity contribution in [3.63, 3.8) is 0 Å². The van der Waals surface area contributed by atoms with Crippen LogP contribution in [0.1, 0.15) is 26.7 Å². The molecule has 0 aromatic carbocycles. The van der Waals surface area contributed by atoms with E-state index in [-0.39, 0.29) is 37.2 Å². The van der Waals surface area contributed by atoms with Crippen molar-refractivity contribution in [3.8, 4) is 0 Å². The van der Waals surface area contributed by atoms with E-state index in [1.165, 1.54) is 4.31 Å². The van der Waals surface area contributed by atoms with Crippen LogP contribution in [0.3, 0.4) is 0 Å². The van der Waals surface area contributed by atoms with Gasteiger partial charge in [-0.1, -0.05) is 13.8 Å². The summed E-state index contributed by atoms with van der Waals surface area (Å²) in [6.07, 6.45) is 1.31. The maximum absolute atomic E-state index is 12.2. The lowest BCUT2D eigenvalue weighted by Crippen LogP contribution is -2.47. The van der Waals surface area contributed by atoms with Gasteiger partial charge in [-0.05, 0) is 12.8 Å². The Morgan fingerprint density at radius 1 is 1.27 bits per heavy atom. The molecule has 9 heteroatoms. The molecular weight excluding hydrogens is 346 g/mol. The van der Waals surface area contributed by atoms with Gasteiger partial charge in [0, 0.05) is 37.7 Å². The zero-order valence-corrected chi connectivity index (χ0v) is 15.8. The molecule has 1 amide bonds. The number of nitrogens with zero attached hydrogens (tertiary/aromatic N) is 1. The first kappa shape index (κ1) is 22.0. The topological polar surface area (TPSA) is 92.5 Å². The van der Waals surface area contributed by atoms with Gasteiger partial charge in [0.15, 0.2) is 0 Å². The Bertz CT molecular complexity index is 428. The first-order valence-electron chi connectivity index (χ1n) is 7.46. The Morgan fingerprint density at radius 3 is 2.27 bits per heavy atom. The number of nitrogens with two attached hydrogens (primary N) is 1. The number of hydrogen-bond donors (Lipinski definition) is 2. The lowest BCUT2D eigenvalue weighted by molar-refractivity contribution is -0.130. The van der Waals surface area contributed by atoms with Crippen LogP contribution in [0.4, 0.5) is 0 Å². The van der Waals surface area contributed by atoms with E-state index in [4.69, 9.17) is 5.73 Å². The second kappa shape index (κ2) is 9.97. The number of sulfonamides is 1. The van der Waals surface area contributed by atoms with Crippen LogP contribution in [0.25, 0.3) is 0 Å². The monoisotopic (exact) mass is 373 g/mol. The SMILES string of the molecule is CCC(CC)(CN)C(=O)NCCS(=O)(=O)N1CCSCC1.Cl. The predicted molar refractivity (Wildman–Crippen MR) is 95.0 cm³/mol. The van der Waals surface area contributed by atoms with E-state index in [0.29, 0.717) is 25.9 Å². The molecule has 0 bridgehead atoms. The van der Waals surface area contributed by atoms with Gasteiger partial charge < -0.3 is 11.1 Å². The first-order valence-corrected chi connectivity index (χ1v) is 10.2. The van der Waals surface area contributed by atoms with Crippen LogP contribution in [-0.2, 0) is 14.8 Å². The molecule has 0 radical (unpaired) electrons. The van der Waals surface area contributed by atoms with Gasteiger partial charge in [-0.25, -0.2) is 12.7 Å². The highest BCUT2D eigenvalue weighted by atomic mass is 35.5. The van der Waals surface area contributed by atoms with E-state index in [2.05, 4.69) is 5.32 Å². The number of halogens is 1. The summed E-state index contributed by atoms with van der Waals surface area (Å²) in [6, 6.07) is 0. The molecule has 22 heavy (non-hydrogen) atoms. The minimum absolute atomic E-state index is 0. The summed E-state index contributed by atoms with van der Waals surface area (Å²) in [7, 11) is -3.27. The fourth-order valence-corrected chi connectivity index (χ4v) is 4.88. The second-order valence-corrected chi connectivity index (χ2v) is 8.59. The standard InChI is InChI=1S/C13H27N3O3S2.ClH/c1-3-13(4-2,11-14)12(17)15-5-10-21(18,19)16-6-8-20-9-7-16;/h3-11,14H2,1-2H3,(H,15,17);1H. The van der Waals surface area contributed by atoms with E-state index in [1.54, 1.807) is 11.8 Å². The molecule has 1 fully saturated rings. The summed E-state index contributed by atoms with van der Waals surface area (Å²) in [6.45, 7) is 5.42. The van der Waals surface area contributed by atoms with Crippen LogP contribution >= 0.6 is 24.2 Å². The highest BCUT2D eigenvalue weighted by Gasteiger charge is 2.33. The third-order valence-corrected chi connectivity index (χ3v) is 7.05. The van der Waals surface area contributed by atoms with Gasteiger partial charge in [-0.3, -0.25) is 4.79 Å². The van der Waals surface area contributed by atoms with Gasteiger partial charge >= 0.3 is 0 Å². The van der Waals surface area contributed by atoms with Crippen molar-refractivity contribution in [1.82, 2.24) is 9.62 Å². The van der Waals surface area contributed by atoms with Gasteiger partial charge in [0.05, 0.1) is 11.2 Å². The molecule has 0 spiro atoms. The van der Waals surface area contributed by atoms with Crippen LogP contribution in [0.5, 0.6) is 0 Å². The van der Waals surface area contributed by atoms with E-state index in [9.17, 15) is 13.2 Å². The van der Waals surface area contributed by atoms with Crippen molar-refractivity contribution in [3.05, 3.63) is 0 Å². The smallest absolute Gasteiger partial charge is 0.227 e. The van der Waals surface area contributed by atoms with Gasteiger partial charge in [0.25, 0.3) is 0 Å². The Morgan fingerprint density at radius 2 is 1.82 bits per heavy atom. The summed E-state index contributed by atoms with van der Waals surface area (Å²) in [4.78, 5) is 12.2. The van der Waals surface area contributed by atoms with E-state index >= 15 is 0 Å². The normalized spacial score (nSPS) is 16.9. The van der Waals surface area contributed by atoms with Gasteiger partial charge in [-0.2, -0.15) is 11.8 Å². The average Bonchev–Trinajstić information content (AvgIpc) is 2.50. The molecule has 6 nitrogen and oxygen atoms in total. The van der Waals surface area contributed by atoms with E-state index < -0.39 is 15.4 Å². The zero-order chi connectivity index (χ0) is 15.9. The third-order valence-electron chi connectivity index (χ3n) is 4.23. The van der Waals surface area contributed by atoms with Crippen LogP contribution in [0.15, 0.2) is 0 Å². The second-order valence-electron chi connectivity index (χ2n) is 5.27. The molecule has 1 aliphatic heterocycles. The van der Waals surface area contributed by atoms with Crippen molar-refractivity contribution < 1.29 is 13.2 Å². The fraction of sp³-hybridized carbons (Fsp3) is 0.923. The third kappa shape index (κ3) is 5.56. The number of carbonyl (C=O) groups is 1. The fourth-order valence-electron chi connectivity index (χ4n) is 2.39. The quantitative estimate of drug-likeness (QED) is 0.652. The Kier molecular flexibility index (Phi) is 9.96.